The molecular weight excluding hydrogens is 553 g/mol. The smallest absolute Gasteiger partial charge is 0.416 e. The van der Waals surface area contributed by atoms with Gasteiger partial charge in [-0.2, -0.15) is 13.2 Å². The molecule has 0 saturated heterocycles. The fourth-order valence-corrected chi connectivity index (χ4v) is 5.11. The molecule has 4 aromatic carbocycles. The van der Waals surface area contributed by atoms with Crippen molar-refractivity contribution in [1.29, 1.82) is 0 Å². The molecule has 11 heteroatoms. The van der Waals surface area contributed by atoms with Crippen LogP contribution in [0.4, 0.5) is 18.9 Å². The summed E-state index contributed by atoms with van der Waals surface area (Å²) in [4.78, 5) is 12.5. The summed E-state index contributed by atoms with van der Waals surface area (Å²) in [5, 5.41) is 2.82. The SMILES string of the molecule is O=C(COc1ccc(S(=O)(=O)Nc2cccc(C(F)(F)F)c2)cc1Cl)NC(c1ccccc1)c1ccccc1. The summed E-state index contributed by atoms with van der Waals surface area (Å²) in [7, 11) is -4.26. The molecule has 1 amide bonds. The second-order valence-electron chi connectivity index (χ2n) is 8.39. The molecule has 0 aromatic heterocycles. The Bertz CT molecular complexity index is 1510. The number of alkyl halides is 3. The number of sulfonamides is 1. The van der Waals surface area contributed by atoms with Crippen molar-refractivity contribution >= 4 is 33.2 Å². The predicted octanol–water partition coefficient (Wildman–Crippen LogP) is 6.44. The Kier molecular flexibility index (Phi) is 8.47. The van der Waals surface area contributed by atoms with Crippen LogP contribution in [0.1, 0.15) is 22.7 Å². The average molecular weight is 575 g/mol. The maximum Gasteiger partial charge on any atom is 0.416 e. The lowest BCUT2D eigenvalue weighted by Gasteiger charge is -2.20. The first-order chi connectivity index (χ1) is 18.5. The van der Waals surface area contributed by atoms with Gasteiger partial charge in [0.1, 0.15) is 5.75 Å². The highest BCUT2D eigenvalue weighted by atomic mass is 35.5. The van der Waals surface area contributed by atoms with Crippen LogP contribution in [0.15, 0.2) is 108 Å². The minimum absolute atomic E-state index is 0.0563. The summed E-state index contributed by atoms with van der Waals surface area (Å²) in [5.41, 5.74) is 0.490. The van der Waals surface area contributed by atoms with Gasteiger partial charge in [-0.15, -0.1) is 0 Å². The van der Waals surface area contributed by atoms with Gasteiger partial charge in [-0.05, 0) is 47.5 Å². The second kappa shape index (κ2) is 11.8. The molecule has 0 spiro atoms. The van der Waals surface area contributed by atoms with Gasteiger partial charge in [0.2, 0.25) is 0 Å². The number of hydrogen-bond acceptors (Lipinski definition) is 4. The molecule has 0 aliphatic carbocycles. The van der Waals surface area contributed by atoms with Crippen molar-refractivity contribution in [2.75, 3.05) is 11.3 Å². The molecule has 0 unspecified atom stereocenters. The van der Waals surface area contributed by atoms with Gasteiger partial charge < -0.3 is 10.1 Å². The van der Waals surface area contributed by atoms with Crippen LogP contribution >= 0.6 is 11.6 Å². The summed E-state index contributed by atoms with van der Waals surface area (Å²) < 4.78 is 72.0. The van der Waals surface area contributed by atoms with Crippen molar-refractivity contribution in [3.8, 4) is 5.75 Å². The van der Waals surface area contributed by atoms with E-state index in [1.807, 2.05) is 60.7 Å². The van der Waals surface area contributed by atoms with Crippen molar-refractivity contribution in [1.82, 2.24) is 5.32 Å². The lowest BCUT2D eigenvalue weighted by Crippen LogP contribution is -2.33. The van der Waals surface area contributed by atoms with Crippen LogP contribution < -0.4 is 14.8 Å². The molecule has 0 fully saturated rings. The number of ether oxygens (including phenoxy) is 1. The number of amides is 1. The first-order valence-electron chi connectivity index (χ1n) is 11.5. The summed E-state index contributed by atoms with van der Waals surface area (Å²) >= 11 is 6.21. The molecule has 0 aliphatic rings. The number of hydrogen-bond donors (Lipinski definition) is 2. The van der Waals surface area contributed by atoms with Crippen LogP contribution in [-0.2, 0) is 21.0 Å². The van der Waals surface area contributed by atoms with Crippen LogP contribution in [-0.4, -0.2) is 20.9 Å². The molecule has 39 heavy (non-hydrogen) atoms. The van der Waals surface area contributed by atoms with Crippen molar-refractivity contribution in [2.45, 2.75) is 17.1 Å². The lowest BCUT2D eigenvalue weighted by molar-refractivity contribution is -0.137. The zero-order chi connectivity index (χ0) is 28.0. The number of carbonyl (C=O) groups excluding carboxylic acids is 1. The third kappa shape index (κ3) is 7.30. The van der Waals surface area contributed by atoms with Gasteiger partial charge in [0.25, 0.3) is 15.9 Å². The molecule has 0 heterocycles. The number of nitrogens with one attached hydrogen (secondary N) is 2. The van der Waals surface area contributed by atoms with Gasteiger partial charge in [0.15, 0.2) is 6.61 Å². The van der Waals surface area contributed by atoms with Gasteiger partial charge in [-0.3, -0.25) is 9.52 Å². The Hall–Kier alpha value is -4.02. The molecule has 0 atom stereocenters. The lowest BCUT2D eigenvalue weighted by atomic mass is 9.99. The standard InChI is InChI=1S/C28H22ClF3N2O4S/c29-24-17-23(39(36,37)34-22-13-7-12-21(16-22)28(30,31)32)14-15-25(24)38-18-26(35)33-27(19-8-3-1-4-9-19)20-10-5-2-6-11-20/h1-17,27,34H,18H2,(H,33,35). The monoisotopic (exact) mass is 574 g/mol. The Morgan fingerprint density at radius 2 is 1.46 bits per heavy atom. The molecule has 4 rings (SSSR count). The molecular formula is C28H22ClF3N2O4S. The van der Waals surface area contributed by atoms with E-state index >= 15 is 0 Å². The van der Waals surface area contributed by atoms with Crippen LogP contribution in [0.3, 0.4) is 0 Å². The van der Waals surface area contributed by atoms with Gasteiger partial charge in [0, 0.05) is 5.69 Å². The maximum absolute atomic E-state index is 13.0. The summed E-state index contributed by atoms with van der Waals surface area (Å²) in [6, 6.07) is 25.7. The Morgan fingerprint density at radius 3 is 2.03 bits per heavy atom. The van der Waals surface area contributed by atoms with E-state index in [4.69, 9.17) is 16.3 Å². The highest BCUT2D eigenvalue weighted by Crippen LogP contribution is 2.32. The number of rotatable bonds is 9. The van der Waals surface area contributed by atoms with Gasteiger partial charge in [0.05, 0.1) is 21.5 Å². The zero-order valence-corrected chi connectivity index (χ0v) is 21.7. The summed E-state index contributed by atoms with van der Waals surface area (Å²) in [6.07, 6.45) is -4.63. The second-order valence-corrected chi connectivity index (χ2v) is 10.5. The van der Waals surface area contributed by atoms with E-state index in [0.717, 1.165) is 29.3 Å². The normalized spacial score (nSPS) is 11.7. The number of carbonyl (C=O) groups is 1. The fraction of sp³-hybridized carbons (Fsp3) is 0.107. The number of benzene rings is 4. The first-order valence-corrected chi connectivity index (χ1v) is 13.4. The first kappa shape index (κ1) is 28.0. The van der Waals surface area contributed by atoms with Gasteiger partial charge in [-0.25, -0.2) is 8.42 Å². The largest absolute Gasteiger partial charge is 0.482 e. The van der Waals surface area contributed by atoms with Gasteiger partial charge >= 0.3 is 6.18 Å². The van der Waals surface area contributed by atoms with Gasteiger partial charge in [-0.1, -0.05) is 78.3 Å². The molecule has 202 valence electrons. The van der Waals surface area contributed by atoms with Crippen LogP contribution in [0.25, 0.3) is 0 Å². The van der Waals surface area contributed by atoms with Crippen LogP contribution in [0.5, 0.6) is 5.75 Å². The van der Waals surface area contributed by atoms with E-state index in [9.17, 15) is 26.4 Å². The maximum atomic E-state index is 13.0. The minimum Gasteiger partial charge on any atom is -0.482 e. The topological polar surface area (TPSA) is 84.5 Å². The number of anilines is 1. The molecule has 0 aliphatic heterocycles. The third-order valence-electron chi connectivity index (χ3n) is 5.59. The van der Waals surface area contributed by atoms with E-state index in [0.29, 0.717) is 6.07 Å². The van der Waals surface area contributed by atoms with E-state index in [-0.39, 0.29) is 21.4 Å². The van der Waals surface area contributed by atoms with E-state index in [2.05, 4.69) is 10.0 Å². The van der Waals surface area contributed by atoms with Crippen molar-refractivity contribution in [3.05, 3.63) is 125 Å². The molecule has 4 aromatic rings. The van der Waals surface area contributed by atoms with Crippen molar-refractivity contribution in [2.24, 2.45) is 0 Å². The van der Waals surface area contributed by atoms with E-state index in [1.165, 1.54) is 18.2 Å². The van der Waals surface area contributed by atoms with Crippen molar-refractivity contribution < 1.29 is 31.1 Å². The highest BCUT2D eigenvalue weighted by Gasteiger charge is 2.31. The Balaban J connectivity index is 1.43. The molecule has 0 saturated carbocycles. The summed E-state index contributed by atoms with van der Waals surface area (Å²) in [5.74, 6) is -0.382. The minimum atomic E-state index is -4.63. The Morgan fingerprint density at radius 1 is 0.846 bits per heavy atom. The predicted molar refractivity (Wildman–Crippen MR) is 142 cm³/mol. The molecule has 0 radical (unpaired) electrons. The van der Waals surface area contributed by atoms with Crippen LogP contribution in [0.2, 0.25) is 5.02 Å². The average Bonchev–Trinajstić information content (AvgIpc) is 2.91. The van der Waals surface area contributed by atoms with E-state index in [1.54, 1.807) is 0 Å². The number of halogens is 4. The van der Waals surface area contributed by atoms with Crippen molar-refractivity contribution in [3.63, 3.8) is 0 Å². The zero-order valence-electron chi connectivity index (χ0n) is 20.2. The molecule has 6 nitrogen and oxygen atoms in total. The highest BCUT2D eigenvalue weighted by molar-refractivity contribution is 7.92. The third-order valence-corrected chi connectivity index (χ3v) is 7.26. The Labute approximate surface area is 228 Å². The van der Waals surface area contributed by atoms with Crippen LogP contribution in [0, 0.1) is 0 Å². The quantitative estimate of drug-likeness (QED) is 0.241. The fourth-order valence-electron chi connectivity index (χ4n) is 3.73. The summed E-state index contributed by atoms with van der Waals surface area (Å²) in [6.45, 7) is -0.398. The van der Waals surface area contributed by atoms with E-state index < -0.39 is 40.3 Å². The molecule has 0 bridgehead atoms. The molecule has 2 N–H and O–H groups in total.